The average Bonchev–Trinajstić information content (AvgIpc) is 3.13. The van der Waals surface area contributed by atoms with Crippen LogP contribution in [0.2, 0.25) is 0 Å². The second kappa shape index (κ2) is 10.5. The van der Waals surface area contributed by atoms with Gasteiger partial charge >= 0.3 is 6.09 Å². The number of anilines is 1. The summed E-state index contributed by atoms with van der Waals surface area (Å²) in [6.07, 6.45) is 1.97. The standard InChI is InChI=1S/C20H23FN6O4/c1-13(29)22-10-16-11-27(20(30)31-16)15-3-4-17(18(21)8-15)14-2-5-19(23-9-14)24-12-26-25-6-7-28/h2-5,8-9,12,16,25,28H,6-7,10-11H2,1H3,(H,22,29)(H,23,24,26)/p+1/t16-/m0/s1. The Hall–Kier alpha value is -3.57. The molecule has 11 heteroatoms. The molecule has 164 valence electrons. The number of nitrogens with zero attached hydrogens (tertiary/aromatic N) is 2. The first-order chi connectivity index (χ1) is 15.0. The van der Waals surface area contributed by atoms with E-state index in [9.17, 15) is 14.0 Å². The number of carbonyl (C=O) groups excluding carboxylic acids is 2. The van der Waals surface area contributed by atoms with Crippen LogP contribution in [0.4, 0.5) is 20.7 Å². The van der Waals surface area contributed by atoms with Crippen LogP contribution in [-0.2, 0) is 9.53 Å². The minimum absolute atomic E-state index is 0.00867. The van der Waals surface area contributed by atoms with Gasteiger partial charge in [0.25, 0.3) is 5.82 Å². The van der Waals surface area contributed by atoms with E-state index in [1.165, 1.54) is 30.4 Å². The first kappa shape index (κ1) is 22.1. The van der Waals surface area contributed by atoms with Crippen LogP contribution in [0, 0.1) is 5.82 Å². The molecule has 0 bridgehead atoms. The number of cyclic esters (lactones) is 1. The van der Waals surface area contributed by atoms with Crippen LogP contribution in [0.25, 0.3) is 11.1 Å². The van der Waals surface area contributed by atoms with Gasteiger partial charge in [-0.3, -0.25) is 9.69 Å². The third-order valence-corrected chi connectivity index (χ3v) is 4.42. The Labute approximate surface area is 178 Å². The SMILES string of the molecule is CC(=O)NC[C@H]1CN(c2ccc(-c3ccc([NH+]=CNNCCO)nc3)c(F)c2)C(=O)O1. The third kappa shape index (κ3) is 5.96. The molecule has 2 aromatic rings. The molecule has 5 N–H and O–H groups in total. The molecular formula is C20H24FN6O4+. The van der Waals surface area contributed by atoms with Crippen molar-refractivity contribution in [2.75, 3.05) is 31.1 Å². The number of nitrogens with one attached hydrogen (secondary N) is 4. The molecule has 1 saturated heterocycles. The maximum absolute atomic E-state index is 14.8. The summed E-state index contributed by atoms with van der Waals surface area (Å²) in [5, 5.41) is 11.3. The predicted octanol–water partition coefficient (Wildman–Crippen LogP) is -0.824. The van der Waals surface area contributed by atoms with E-state index >= 15 is 0 Å². The van der Waals surface area contributed by atoms with Gasteiger partial charge in [0, 0.05) is 24.1 Å². The Bertz CT molecular complexity index is 953. The Morgan fingerprint density at radius 3 is 2.94 bits per heavy atom. The predicted molar refractivity (Wildman–Crippen MR) is 111 cm³/mol. The highest BCUT2D eigenvalue weighted by atomic mass is 19.1. The molecule has 0 saturated carbocycles. The van der Waals surface area contributed by atoms with E-state index in [1.54, 1.807) is 24.3 Å². The summed E-state index contributed by atoms with van der Waals surface area (Å²) in [5.41, 5.74) is 6.77. The van der Waals surface area contributed by atoms with E-state index in [0.717, 1.165) is 0 Å². The number of hydrazine groups is 1. The van der Waals surface area contributed by atoms with Crippen molar-refractivity contribution in [3.63, 3.8) is 0 Å². The molecule has 1 atom stereocenters. The summed E-state index contributed by atoms with van der Waals surface area (Å²) in [6, 6.07) is 7.90. The molecule has 10 nitrogen and oxygen atoms in total. The highest BCUT2D eigenvalue weighted by Crippen LogP contribution is 2.28. The van der Waals surface area contributed by atoms with Gasteiger partial charge in [0.15, 0.2) is 6.34 Å². The fraction of sp³-hybridized carbons (Fsp3) is 0.300. The number of aromatic nitrogens is 1. The van der Waals surface area contributed by atoms with Gasteiger partial charge in [-0.25, -0.2) is 19.6 Å². The summed E-state index contributed by atoms with van der Waals surface area (Å²) >= 11 is 0. The molecular weight excluding hydrogens is 407 g/mol. The quantitative estimate of drug-likeness (QED) is 0.152. The van der Waals surface area contributed by atoms with E-state index in [4.69, 9.17) is 9.84 Å². The van der Waals surface area contributed by atoms with Gasteiger partial charge in [0.2, 0.25) is 5.91 Å². The Morgan fingerprint density at radius 1 is 1.42 bits per heavy atom. The number of rotatable bonds is 9. The molecule has 1 aromatic carbocycles. The molecule has 1 fully saturated rings. The molecule has 0 radical (unpaired) electrons. The average molecular weight is 431 g/mol. The molecule has 2 heterocycles. The van der Waals surface area contributed by atoms with Crippen LogP contribution < -0.4 is 26.1 Å². The zero-order valence-electron chi connectivity index (χ0n) is 16.9. The Kier molecular flexibility index (Phi) is 7.46. The first-order valence-electron chi connectivity index (χ1n) is 9.64. The number of carbonyl (C=O) groups is 2. The molecule has 1 aliphatic heterocycles. The van der Waals surface area contributed by atoms with Gasteiger partial charge in [-0.15, -0.1) is 4.98 Å². The molecule has 2 amide bonds. The second-order valence-corrected chi connectivity index (χ2v) is 6.73. The minimum atomic E-state index is -0.585. The molecule has 1 aliphatic rings. The Balaban J connectivity index is 1.65. The van der Waals surface area contributed by atoms with Crippen molar-refractivity contribution in [2.24, 2.45) is 0 Å². The van der Waals surface area contributed by atoms with Crippen LogP contribution in [0.15, 0.2) is 36.5 Å². The zero-order chi connectivity index (χ0) is 22.2. The van der Waals surface area contributed by atoms with Crippen LogP contribution >= 0.6 is 0 Å². The lowest BCUT2D eigenvalue weighted by molar-refractivity contribution is -0.355. The van der Waals surface area contributed by atoms with E-state index < -0.39 is 18.0 Å². The van der Waals surface area contributed by atoms with E-state index in [1.807, 2.05) is 0 Å². The van der Waals surface area contributed by atoms with Crippen LogP contribution in [0.1, 0.15) is 6.92 Å². The van der Waals surface area contributed by atoms with Gasteiger partial charge < -0.3 is 15.2 Å². The van der Waals surface area contributed by atoms with Crippen LogP contribution in [0.5, 0.6) is 0 Å². The maximum atomic E-state index is 14.8. The fourth-order valence-corrected chi connectivity index (χ4v) is 2.93. The van der Waals surface area contributed by atoms with E-state index in [2.05, 4.69) is 26.1 Å². The number of halogens is 1. The summed E-state index contributed by atoms with van der Waals surface area (Å²) in [5.74, 6) is -0.170. The number of amides is 2. The van der Waals surface area contributed by atoms with Gasteiger partial charge in [-0.1, -0.05) is 0 Å². The van der Waals surface area contributed by atoms with Crippen molar-refractivity contribution < 1.29 is 28.8 Å². The maximum Gasteiger partial charge on any atom is 0.414 e. The summed E-state index contributed by atoms with van der Waals surface area (Å²) < 4.78 is 20.0. The molecule has 1 aromatic heterocycles. The smallest absolute Gasteiger partial charge is 0.414 e. The third-order valence-electron chi connectivity index (χ3n) is 4.42. The fourth-order valence-electron chi connectivity index (χ4n) is 2.93. The van der Waals surface area contributed by atoms with Crippen molar-refractivity contribution in [3.8, 4) is 11.1 Å². The number of aliphatic hydroxyl groups excluding tert-OH is 1. The molecule has 31 heavy (non-hydrogen) atoms. The van der Waals surface area contributed by atoms with Gasteiger partial charge in [-0.2, -0.15) is 5.43 Å². The normalized spacial score (nSPS) is 15.9. The van der Waals surface area contributed by atoms with E-state index in [0.29, 0.717) is 29.2 Å². The summed E-state index contributed by atoms with van der Waals surface area (Å²) in [7, 11) is 0. The van der Waals surface area contributed by atoms with Gasteiger partial charge in [-0.05, 0) is 24.3 Å². The number of hydrogen-bond acceptors (Lipinski definition) is 6. The molecule has 0 aliphatic carbocycles. The number of ether oxygens (including phenoxy) is 1. The highest BCUT2D eigenvalue weighted by molar-refractivity contribution is 5.90. The van der Waals surface area contributed by atoms with Crippen LogP contribution in [-0.4, -0.2) is 60.8 Å². The van der Waals surface area contributed by atoms with Crippen molar-refractivity contribution in [2.45, 2.75) is 13.0 Å². The number of hydrogen-bond donors (Lipinski definition) is 5. The van der Waals surface area contributed by atoms with Crippen molar-refractivity contribution in [1.29, 1.82) is 0 Å². The summed E-state index contributed by atoms with van der Waals surface area (Å²) in [6.45, 7) is 2.21. The van der Waals surface area contributed by atoms with Crippen LogP contribution in [0.3, 0.4) is 0 Å². The monoisotopic (exact) mass is 431 g/mol. The van der Waals surface area contributed by atoms with Crippen molar-refractivity contribution >= 4 is 29.8 Å². The number of aliphatic hydroxyl groups is 1. The van der Waals surface area contributed by atoms with Gasteiger partial charge in [0.05, 0.1) is 31.9 Å². The van der Waals surface area contributed by atoms with E-state index in [-0.39, 0.29) is 25.6 Å². The first-order valence-corrected chi connectivity index (χ1v) is 9.64. The van der Waals surface area contributed by atoms with Crippen molar-refractivity contribution in [3.05, 3.63) is 42.3 Å². The number of pyridine rings is 1. The van der Waals surface area contributed by atoms with Gasteiger partial charge in [0.1, 0.15) is 18.1 Å². The molecule has 3 rings (SSSR count). The lowest BCUT2D eigenvalue weighted by Gasteiger charge is -2.14. The Morgan fingerprint density at radius 2 is 2.26 bits per heavy atom. The van der Waals surface area contributed by atoms with Crippen molar-refractivity contribution in [1.82, 2.24) is 21.2 Å². The highest BCUT2D eigenvalue weighted by Gasteiger charge is 2.32. The minimum Gasteiger partial charge on any atom is -0.442 e. The number of benzene rings is 1. The summed E-state index contributed by atoms with van der Waals surface area (Å²) in [4.78, 5) is 31.6. The topological polar surface area (TPSA) is 130 Å². The molecule has 0 spiro atoms. The zero-order valence-corrected chi connectivity index (χ0v) is 16.9. The second-order valence-electron chi connectivity index (χ2n) is 6.73. The molecule has 0 unspecified atom stereocenters. The largest absolute Gasteiger partial charge is 0.442 e. The lowest BCUT2D eigenvalue weighted by atomic mass is 10.1. The lowest BCUT2D eigenvalue weighted by Crippen LogP contribution is -2.66.